The van der Waals surface area contributed by atoms with Crippen LogP contribution in [0.25, 0.3) is 44.2 Å². The Hall–Kier alpha value is -4.50. The molecule has 246 valence electrons. The minimum absolute atomic E-state index is 0.0151. The van der Waals surface area contributed by atoms with Crippen molar-refractivity contribution in [1.82, 2.24) is 34.1 Å². The SMILES string of the molecule is CCn1nc(-c2c(C(F)(F)F)c(C)cc3c2cnn3C2CCCCO2)c2c1c1c(OCc3ccccc3)nc(S(C)(=O)=O)nc1n2C. The van der Waals surface area contributed by atoms with E-state index < -0.39 is 33.0 Å². The first-order chi connectivity index (χ1) is 22.4. The minimum Gasteiger partial charge on any atom is -0.472 e. The van der Waals surface area contributed by atoms with Gasteiger partial charge in [-0.1, -0.05) is 30.3 Å². The first-order valence-electron chi connectivity index (χ1n) is 15.2. The summed E-state index contributed by atoms with van der Waals surface area (Å²) in [6.45, 7) is 4.15. The number of halogens is 3. The second kappa shape index (κ2) is 11.3. The molecule has 0 aliphatic carbocycles. The highest BCUT2D eigenvalue weighted by Gasteiger charge is 2.40. The summed E-state index contributed by atoms with van der Waals surface area (Å²) in [5.74, 6) is -0.0151. The molecule has 0 saturated carbocycles. The van der Waals surface area contributed by atoms with Crippen LogP contribution in [-0.4, -0.2) is 55.4 Å². The second-order valence-corrected chi connectivity index (χ2v) is 13.7. The maximum absolute atomic E-state index is 15.0. The molecular weight excluding hydrogens is 635 g/mol. The smallest absolute Gasteiger partial charge is 0.417 e. The molecule has 1 unspecified atom stereocenters. The third-order valence-electron chi connectivity index (χ3n) is 8.55. The highest BCUT2D eigenvalue weighted by atomic mass is 32.2. The Balaban J connectivity index is 1.55. The van der Waals surface area contributed by atoms with Gasteiger partial charge in [-0.25, -0.2) is 13.1 Å². The van der Waals surface area contributed by atoms with Crippen molar-refractivity contribution in [2.24, 2.45) is 7.05 Å². The molecule has 7 rings (SSSR count). The molecule has 1 fully saturated rings. The van der Waals surface area contributed by atoms with Gasteiger partial charge in [-0.15, -0.1) is 0 Å². The second-order valence-electron chi connectivity index (χ2n) is 11.8. The number of sulfone groups is 1. The molecule has 0 bridgehead atoms. The zero-order chi connectivity index (χ0) is 33.2. The predicted octanol–water partition coefficient (Wildman–Crippen LogP) is 6.36. The number of alkyl halides is 3. The number of hydrogen-bond acceptors (Lipinski definition) is 8. The summed E-state index contributed by atoms with van der Waals surface area (Å²) < 4.78 is 87.2. The summed E-state index contributed by atoms with van der Waals surface area (Å²) in [4.78, 5) is 8.69. The van der Waals surface area contributed by atoms with Crippen molar-refractivity contribution in [1.29, 1.82) is 0 Å². The lowest BCUT2D eigenvalue weighted by Crippen LogP contribution is -2.19. The van der Waals surface area contributed by atoms with Crippen LogP contribution in [0.15, 0.2) is 47.8 Å². The Kier molecular flexibility index (Phi) is 7.50. The molecule has 1 aliphatic rings. The van der Waals surface area contributed by atoms with E-state index in [9.17, 15) is 21.6 Å². The lowest BCUT2D eigenvalue weighted by Gasteiger charge is -2.24. The number of aryl methyl sites for hydroxylation is 3. The van der Waals surface area contributed by atoms with Gasteiger partial charge in [0.05, 0.1) is 22.8 Å². The van der Waals surface area contributed by atoms with Crippen LogP contribution < -0.4 is 4.74 Å². The normalized spacial score (nSPS) is 16.1. The van der Waals surface area contributed by atoms with E-state index in [1.807, 2.05) is 37.3 Å². The number of nitrogens with zero attached hydrogens (tertiary/aromatic N) is 7. The molecule has 11 nitrogen and oxygen atoms in total. The van der Waals surface area contributed by atoms with Crippen molar-refractivity contribution in [3.8, 4) is 17.1 Å². The van der Waals surface area contributed by atoms with Crippen molar-refractivity contribution in [2.75, 3.05) is 12.9 Å². The Morgan fingerprint density at radius 3 is 2.53 bits per heavy atom. The van der Waals surface area contributed by atoms with E-state index in [4.69, 9.17) is 14.6 Å². The van der Waals surface area contributed by atoms with Gasteiger partial charge in [-0.3, -0.25) is 4.68 Å². The largest absolute Gasteiger partial charge is 0.472 e. The molecule has 0 radical (unpaired) electrons. The Bertz CT molecular complexity index is 2270. The van der Waals surface area contributed by atoms with Crippen LogP contribution in [0.2, 0.25) is 0 Å². The van der Waals surface area contributed by atoms with Crippen molar-refractivity contribution >= 4 is 42.8 Å². The van der Waals surface area contributed by atoms with Gasteiger partial charge in [-0.2, -0.15) is 33.3 Å². The van der Waals surface area contributed by atoms with Gasteiger partial charge in [0.25, 0.3) is 5.16 Å². The summed E-state index contributed by atoms with van der Waals surface area (Å²) in [7, 11) is -2.27. The summed E-state index contributed by atoms with van der Waals surface area (Å²) in [5, 5.41) is 9.44. The van der Waals surface area contributed by atoms with Crippen molar-refractivity contribution in [3.63, 3.8) is 0 Å². The quantitative estimate of drug-likeness (QED) is 0.181. The zero-order valence-corrected chi connectivity index (χ0v) is 27.0. The first-order valence-corrected chi connectivity index (χ1v) is 17.1. The van der Waals surface area contributed by atoms with Crippen molar-refractivity contribution < 1.29 is 31.1 Å². The fraction of sp³-hybridized carbons (Fsp3) is 0.375. The van der Waals surface area contributed by atoms with Crippen molar-refractivity contribution in [3.05, 3.63) is 59.3 Å². The number of fused-ring (bicyclic) bond motifs is 4. The molecule has 6 aromatic rings. The highest BCUT2D eigenvalue weighted by Crippen LogP contribution is 2.47. The van der Waals surface area contributed by atoms with E-state index in [0.29, 0.717) is 35.0 Å². The Labute approximate surface area is 267 Å². The van der Waals surface area contributed by atoms with Gasteiger partial charge < -0.3 is 14.0 Å². The molecular formula is C32H32F3N7O4S. The molecule has 0 amide bonds. The summed E-state index contributed by atoms with van der Waals surface area (Å²) in [5.41, 5.74) is 1.37. The number of benzene rings is 2. The van der Waals surface area contributed by atoms with Crippen LogP contribution in [0.1, 0.15) is 49.1 Å². The van der Waals surface area contributed by atoms with Crippen molar-refractivity contribution in [2.45, 2.75) is 63.8 Å². The van der Waals surface area contributed by atoms with E-state index in [2.05, 4.69) is 15.1 Å². The average Bonchev–Trinajstić information content (AvgIpc) is 3.71. The topological polar surface area (TPSA) is 119 Å². The molecule has 1 saturated heterocycles. The van der Waals surface area contributed by atoms with Gasteiger partial charge in [0.1, 0.15) is 23.2 Å². The molecule has 1 aliphatic heterocycles. The van der Waals surface area contributed by atoms with E-state index in [0.717, 1.165) is 24.7 Å². The van der Waals surface area contributed by atoms with Gasteiger partial charge in [-0.05, 0) is 50.3 Å². The van der Waals surface area contributed by atoms with Crippen LogP contribution in [0.5, 0.6) is 5.88 Å². The monoisotopic (exact) mass is 667 g/mol. The fourth-order valence-corrected chi connectivity index (χ4v) is 6.95. The van der Waals surface area contributed by atoms with Crippen LogP contribution in [0, 0.1) is 6.92 Å². The molecule has 0 spiro atoms. The van der Waals surface area contributed by atoms with Crippen LogP contribution in [0.3, 0.4) is 0 Å². The Morgan fingerprint density at radius 2 is 1.87 bits per heavy atom. The number of rotatable bonds is 7. The third kappa shape index (κ3) is 5.21. The maximum atomic E-state index is 15.0. The lowest BCUT2D eigenvalue weighted by atomic mass is 9.94. The summed E-state index contributed by atoms with van der Waals surface area (Å²) >= 11 is 0. The number of ether oxygens (including phenoxy) is 2. The number of hydrogen-bond donors (Lipinski definition) is 0. The molecule has 47 heavy (non-hydrogen) atoms. The summed E-state index contributed by atoms with van der Waals surface area (Å²) in [6, 6.07) is 10.8. The lowest BCUT2D eigenvalue weighted by molar-refractivity contribution is -0.137. The molecule has 2 aromatic carbocycles. The fourth-order valence-electron chi connectivity index (χ4n) is 6.45. The highest BCUT2D eigenvalue weighted by molar-refractivity contribution is 7.90. The van der Waals surface area contributed by atoms with Gasteiger partial charge >= 0.3 is 6.18 Å². The standard InChI is InChI=1S/C32H32F3N7O4S/c1-5-41-27-24-29(37-31(47(4,43)44)38-30(24)46-17-19-11-7-6-8-12-19)40(3)28(27)26(39-41)23-20-16-36-42(22-13-9-10-14-45-22)21(20)15-18(2)25(23)32(33,34)35/h6-8,11-12,15-16,22H,5,9-10,13-14,17H2,1-4H3. The molecule has 0 N–H and O–H groups in total. The van der Waals surface area contributed by atoms with Gasteiger partial charge in [0, 0.05) is 37.4 Å². The third-order valence-corrected chi connectivity index (χ3v) is 9.40. The molecule has 5 heterocycles. The zero-order valence-electron chi connectivity index (χ0n) is 26.2. The minimum atomic E-state index is -4.73. The van der Waals surface area contributed by atoms with E-state index >= 15 is 0 Å². The van der Waals surface area contributed by atoms with Crippen LogP contribution >= 0.6 is 0 Å². The Morgan fingerprint density at radius 1 is 1.11 bits per heavy atom. The molecule has 15 heteroatoms. The van der Waals surface area contributed by atoms with E-state index in [1.165, 1.54) is 19.2 Å². The van der Waals surface area contributed by atoms with Crippen LogP contribution in [-0.2, 0) is 40.9 Å². The molecule has 1 atom stereocenters. The number of aromatic nitrogens is 7. The first kappa shape index (κ1) is 31.1. The maximum Gasteiger partial charge on any atom is 0.417 e. The van der Waals surface area contributed by atoms with Gasteiger partial charge in [0.2, 0.25) is 15.7 Å². The summed E-state index contributed by atoms with van der Waals surface area (Å²) in [6.07, 6.45) is -0.177. The van der Waals surface area contributed by atoms with E-state index in [1.54, 1.807) is 21.0 Å². The van der Waals surface area contributed by atoms with E-state index in [-0.39, 0.29) is 46.9 Å². The average molecular weight is 668 g/mol. The van der Waals surface area contributed by atoms with Crippen LogP contribution in [0.4, 0.5) is 13.2 Å². The van der Waals surface area contributed by atoms with Gasteiger partial charge in [0.15, 0.2) is 11.9 Å². The molecule has 4 aromatic heterocycles. The predicted molar refractivity (Wildman–Crippen MR) is 169 cm³/mol.